The molecule has 2 fully saturated rings. The molecule has 0 saturated carbocycles. The van der Waals surface area contributed by atoms with Gasteiger partial charge in [0, 0.05) is 49.8 Å². The Morgan fingerprint density at radius 3 is 2.70 bits per heavy atom. The minimum absolute atomic E-state index is 0.0448. The molecule has 0 aliphatic carbocycles. The van der Waals surface area contributed by atoms with Gasteiger partial charge in [0.1, 0.15) is 0 Å². The quantitative estimate of drug-likeness (QED) is 0.823. The molecule has 0 radical (unpaired) electrons. The van der Waals surface area contributed by atoms with Gasteiger partial charge in [-0.3, -0.25) is 9.78 Å². The van der Waals surface area contributed by atoms with E-state index in [1.165, 1.54) is 0 Å². The highest BCUT2D eigenvalue weighted by molar-refractivity contribution is 5.78. The fourth-order valence-corrected chi connectivity index (χ4v) is 3.84. The molecule has 144 valence electrons. The molecule has 0 spiro atoms. The molecule has 0 N–H and O–H groups in total. The maximum absolute atomic E-state index is 12.1. The molecule has 1 atom stereocenters. The molecule has 2 aromatic heterocycles. The number of ether oxygens (including phenoxy) is 1. The molecule has 2 aliphatic heterocycles. The third-order valence-corrected chi connectivity index (χ3v) is 5.51. The molecule has 27 heavy (non-hydrogen) atoms. The molecule has 1 amide bonds. The second kappa shape index (κ2) is 7.76. The van der Waals surface area contributed by atoms with Crippen LogP contribution in [0.4, 0.5) is 0 Å². The molecule has 4 rings (SSSR count). The Labute approximate surface area is 159 Å². The van der Waals surface area contributed by atoms with Crippen LogP contribution in [-0.2, 0) is 9.53 Å². The number of likely N-dealkylation sites (tertiary alicyclic amines) is 1. The average Bonchev–Trinajstić information content (AvgIpc) is 3.40. The predicted molar refractivity (Wildman–Crippen MR) is 99.1 cm³/mol. The van der Waals surface area contributed by atoms with Gasteiger partial charge in [-0.15, -0.1) is 0 Å². The lowest BCUT2D eigenvalue weighted by Gasteiger charge is -2.31. The standard InChI is InChI=1S/C20H26N4O3/c1-13(2)20(25)24-6-3-14(4-7-24)18-22-19(27-23-18)17-9-16(10-21-11-17)15-5-8-26-12-15/h9-11,13-15H,3-8,12H2,1-2H3. The summed E-state index contributed by atoms with van der Waals surface area (Å²) in [6.07, 6.45) is 6.42. The number of piperidine rings is 1. The normalized spacial score (nSPS) is 21.1. The number of hydrogen-bond donors (Lipinski definition) is 0. The summed E-state index contributed by atoms with van der Waals surface area (Å²) < 4.78 is 11.0. The van der Waals surface area contributed by atoms with Crippen LogP contribution in [0.5, 0.6) is 0 Å². The molecule has 2 aliphatic rings. The summed E-state index contributed by atoms with van der Waals surface area (Å²) in [4.78, 5) is 23.0. The van der Waals surface area contributed by atoms with Gasteiger partial charge in [0.2, 0.25) is 5.91 Å². The first-order valence-corrected chi connectivity index (χ1v) is 9.77. The van der Waals surface area contributed by atoms with Crippen molar-refractivity contribution in [2.45, 2.75) is 44.9 Å². The largest absolute Gasteiger partial charge is 0.381 e. The molecule has 4 heterocycles. The summed E-state index contributed by atoms with van der Waals surface area (Å²) in [7, 11) is 0. The van der Waals surface area contributed by atoms with Gasteiger partial charge >= 0.3 is 0 Å². The topological polar surface area (TPSA) is 81.4 Å². The lowest BCUT2D eigenvalue weighted by atomic mass is 9.95. The zero-order chi connectivity index (χ0) is 18.8. The highest BCUT2D eigenvalue weighted by atomic mass is 16.5. The van der Waals surface area contributed by atoms with E-state index in [0.29, 0.717) is 11.8 Å². The predicted octanol–water partition coefficient (Wildman–Crippen LogP) is 3.00. The minimum atomic E-state index is 0.0448. The molecule has 2 saturated heterocycles. The molecule has 0 aromatic carbocycles. The van der Waals surface area contributed by atoms with Gasteiger partial charge < -0.3 is 14.2 Å². The summed E-state index contributed by atoms with van der Waals surface area (Å²) >= 11 is 0. The second-order valence-corrected chi connectivity index (χ2v) is 7.78. The molecule has 7 heteroatoms. The molecular weight excluding hydrogens is 344 g/mol. The minimum Gasteiger partial charge on any atom is -0.381 e. The van der Waals surface area contributed by atoms with Crippen LogP contribution < -0.4 is 0 Å². The van der Waals surface area contributed by atoms with E-state index in [1.807, 2.05) is 24.9 Å². The first-order chi connectivity index (χ1) is 13.1. The average molecular weight is 370 g/mol. The van der Waals surface area contributed by atoms with E-state index < -0.39 is 0 Å². The van der Waals surface area contributed by atoms with Gasteiger partial charge in [0.05, 0.1) is 12.2 Å². The van der Waals surface area contributed by atoms with Crippen molar-refractivity contribution in [1.82, 2.24) is 20.0 Å². The Morgan fingerprint density at radius 1 is 1.19 bits per heavy atom. The van der Waals surface area contributed by atoms with Crippen molar-refractivity contribution in [3.8, 4) is 11.5 Å². The second-order valence-electron chi connectivity index (χ2n) is 7.78. The van der Waals surface area contributed by atoms with Gasteiger partial charge in [-0.2, -0.15) is 4.98 Å². The van der Waals surface area contributed by atoms with Crippen LogP contribution >= 0.6 is 0 Å². The lowest BCUT2D eigenvalue weighted by Crippen LogP contribution is -2.40. The maximum atomic E-state index is 12.1. The summed E-state index contributed by atoms with van der Waals surface area (Å²) in [5.74, 6) is 2.14. The molecule has 7 nitrogen and oxygen atoms in total. The fraction of sp³-hybridized carbons (Fsp3) is 0.600. The van der Waals surface area contributed by atoms with E-state index in [1.54, 1.807) is 6.20 Å². The zero-order valence-corrected chi connectivity index (χ0v) is 15.9. The van der Waals surface area contributed by atoms with Crippen LogP contribution in [0.2, 0.25) is 0 Å². The lowest BCUT2D eigenvalue weighted by molar-refractivity contribution is -0.135. The number of carbonyl (C=O) groups excluding carboxylic acids is 1. The Bertz CT molecular complexity index is 790. The summed E-state index contributed by atoms with van der Waals surface area (Å²) in [6, 6.07) is 2.08. The first-order valence-electron chi connectivity index (χ1n) is 9.77. The van der Waals surface area contributed by atoms with Crippen molar-refractivity contribution in [3.05, 3.63) is 29.8 Å². The Hall–Kier alpha value is -2.28. The smallest absolute Gasteiger partial charge is 0.259 e. The van der Waals surface area contributed by atoms with Crippen LogP contribution in [0, 0.1) is 5.92 Å². The Kier molecular flexibility index (Phi) is 5.20. The van der Waals surface area contributed by atoms with Crippen molar-refractivity contribution in [2.75, 3.05) is 26.3 Å². The molecule has 1 unspecified atom stereocenters. The van der Waals surface area contributed by atoms with Crippen LogP contribution in [0.3, 0.4) is 0 Å². The Morgan fingerprint density at radius 2 is 2.00 bits per heavy atom. The van der Waals surface area contributed by atoms with E-state index >= 15 is 0 Å². The van der Waals surface area contributed by atoms with Crippen molar-refractivity contribution < 1.29 is 14.1 Å². The Balaban J connectivity index is 1.43. The van der Waals surface area contributed by atoms with Crippen molar-refractivity contribution in [1.29, 1.82) is 0 Å². The van der Waals surface area contributed by atoms with Crippen molar-refractivity contribution in [2.24, 2.45) is 5.92 Å². The summed E-state index contributed by atoms with van der Waals surface area (Å²) in [5.41, 5.74) is 2.01. The van der Waals surface area contributed by atoms with E-state index in [2.05, 4.69) is 21.2 Å². The third-order valence-electron chi connectivity index (χ3n) is 5.51. The van der Waals surface area contributed by atoms with Crippen LogP contribution in [0.1, 0.15) is 56.3 Å². The summed E-state index contributed by atoms with van der Waals surface area (Å²) in [6.45, 7) is 6.94. The zero-order valence-electron chi connectivity index (χ0n) is 15.9. The number of carbonyl (C=O) groups is 1. The van der Waals surface area contributed by atoms with Gasteiger partial charge in [-0.1, -0.05) is 19.0 Å². The number of pyridine rings is 1. The van der Waals surface area contributed by atoms with E-state index in [4.69, 9.17) is 9.26 Å². The molecule has 0 bridgehead atoms. The van der Waals surface area contributed by atoms with E-state index in [9.17, 15) is 4.79 Å². The van der Waals surface area contributed by atoms with Crippen LogP contribution in [-0.4, -0.2) is 52.2 Å². The van der Waals surface area contributed by atoms with Gasteiger partial charge in [-0.25, -0.2) is 0 Å². The molecule has 2 aromatic rings. The fourth-order valence-electron chi connectivity index (χ4n) is 3.84. The van der Waals surface area contributed by atoms with Crippen LogP contribution in [0.25, 0.3) is 11.5 Å². The van der Waals surface area contributed by atoms with Gasteiger partial charge in [0.25, 0.3) is 5.89 Å². The highest BCUT2D eigenvalue weighted by Crippen LogP contribution is 2.30. The number of amides is 1. The number of hydrogen-bond acceptors (Lipinski definition) is 6. The SMILES string of the molecule is CC(C)C(=O)N1CCC(c2noc(-c3cncc(C4CCOC4)c3)n2)CC1. The number of nitrogens with zero attached hydrogens (tertiary/aromatic N) is 4. The first kappa shape index (κ1) is 18.1. The van der Waals surface area contributed by atoms with E-state index in [0.717, 1.165) is 62.5 Å². The monoisotopic (exact) mass is 370 g/mol. The third kappa shape index (κ3) is 3.88. The summed E-state index contributed by atoms with van der Waals surface area (Å²) in [5, 5.41) is 4.21. The van der Waals surface area contributed by atoms with Gasteiger partial charge in [0.15, 0.2) is 5.82 Å². The van der Waals surface area contributed by atoms with Crippen molar-refractivity contribution >= 4 is 5.91 Å². The van der Waals surface area contributed by atoms with Crippen LogP contribution in [0.15, 0.2) is 23.0 Å². The highest BCUT2D eigenvalue weighted by Gasteiger charge is 2.28. The number of aromatic nitrogens is 3. The van der Waals surface area contributed by atoms with E-state index in [-0.39, 0.29) is 17.7 Å². The number of rotatable bonds is 4. The van der Waals surface area contributed by atoms with Crippen molar-refractivity contribution in [3.63, 3.8) is 0 Å². The van der Waals surface area contributed by atoms with Gasteiger partial charge in [-0.05, 0) is 30.9 Å². The maximum Gasteiger partial charge on any atom is 0.259 e. The molecular formula is C20H26N4O3.